The normalized spacial score (nSPS) is 28.9. The molecule has 0 fully saturated rings. The first kappa shape index (κ1) is 13.9. The number of Topliss-reactive ketones (excluding diaryl/α,β-unsaturated/α-hetero) is 1. The topological polar surface area (TPSA) is 26.3 Å². The molecule has 0 aromatic rings. The number of carbonyl (C=O) groups is 1. The van der Waals surface area contributed by atoms with Gasteiger partial charge in [-0.3, -0.25) is 4.79 Å². The Morgan fingerprint density at radius 2 is 1.83 bits per heavy atom. The molecule has 2 atom stereocenters. The van der Waals surface area contributed by atoms with Crippen LogP contribution in [-0.2, 0) is 9.53 Å². The summed E-state index contributed by atoms with van der Waals surface area (Å²) >= 11 is 3.65. The molecule has 2 rings (SSSR count). The molecule has 0 spiro atoms. The summed E-state index contributed by atoms with van der Waals surface area (Å²) in [5.74, 6) is 1.72. The van der Waals surface area contributed by atoms with Crippen LogP contribution in [0.3, 0.4) is 0 Å². The van der Waals surface area contributed by atoms with Gasteiger partial charge in [0.25, 0.3) is 0 Å². The number of hydrogen-bond acceptors (Lipinski definition) is 2. The molecule has 2 aliphatic rings. The number of carbonyl (C=O) groups excluding carboxylic acids is 1. The van der Waals surface area contributed by atoms with Gasteiger partial charge in [0, 0.05) is 17.4 Å². The molecule has 2 aliphatic carbocycles. The quantitative estimate of drug-likeness (QED) is 0.725. The third-order valence-electron chi connectivity index (χ3n) is 4.09. The van der Waals surface area contributed by atoms with Crippen molar-refractivity contribution in [2.75, 3.05) is 7.11 Å². The van der Waals surface area contributed by atoms with E-state index in [9.17, 15) is 4.79 Å². The van der Waals surface area contributed by atoms with E-state index >= 15 is 0 Å². The predicted octanol–water partition coefficient (Wildman–Crippen LogP) is 4.21. The largest absolute Gasteiger partial charge is 0.500 e. The van der Waals surface area contributed by atoms with Crippen molar-refractivity contribution in [1.82, 2.24) is 0 Å². The van der Waals surface area contributed by atoms with Crippen molar-refractivity contribution in [2.24, 2.45) is 17.3 Å². The first-order chi connectivity index (χ1) is 8.27. The fourth-order valence-corrected chi connectivity index (χ4v) is 3.78. The number of ether oxygens (including phenoxy) is 1. The lowest BCUT2D eigenvalue weighted by Gasteiger charge is -2.35. The van der Waals surface area contributed by atoms with Gasteiger partial charge in [-0.2, -0.15) is 0 Å². The number of allylic oxidation sites excluding steroid dienone is 4. The van der Waals surface area contributed by atoms with Crippen LogP contribution in [0.1, 0.15) is 40.5 Å². The zero-order chi connectivity index (χ0) is 13.7. The average Bonchev–Trinajstić information content (AvgIpc) is 2.55. The first-order valence-corrected chi connectivity index (χ1v) is 7.27. The highest BCUT2D eigenvalue weighted by Crippen LogP contribution is 2.50. The van der Waals surface area contributed by atoms with E-state index in [-0.39, 0.29) is 17.3 Å². The van der Waals surface area contributed by atoms with Crippen LogP contribution in [-0.4, -0.2) is 12.9 Å². The monoisotopic (exact) mass is 312 g/mol. The Morgan fingerprint density at radius 3 is 2.33 bits per heavy atom. The summed E-state index contributed by atoms with van der Waals surface area (Å²) in [4.78, 5) is 12.2. The van der Waals surface area contributed by atoms with Crippen molar-refractivity contribution in [2.45, 2.75) is 40.5 Å². The summed E-state index contributed by atoms with van der Waals surface area (Å²) < 4.78 is 6.63. The van der Waals surface area contributed by atoms with Crippen LogP contribution >= 0.6 is 15.9 Å². The van der Waals surface area contributed by atoms with Crippen LogP contribution in [0.4, 0.5) is 0 Å². The van der Waals surface area contributed by atoms with Gasteiger partial charge in [-0.15, -0.1) is 0 Å². The summed E-state index contributed by atoms with van der Waals surface area (Å²) in [5, 5.41) is 0. The molecule has 0 bridgehead atoms. The number of halogens is 1. The second-order valence-corrected chi connectivity index (χ2v) is 7.22. The second-order valence-electron chi connectivity index (χ2n) is 6.43. The molecule has 0 N–H and O–H groups in total. The maximum Gasteiger partial charge on any atom is 0.162 e. The molecule has 0 amide bonds. The van der Waals surface area contributed by atoms with Gasteiger partial charge in [-0.05, 0) is 39.8 Å². The van der Waals surface area contributed by atoms with Crippen molar-refractivity contribution in [1.29, 1.82) is 0 Å². The number of rotatable bonds is 1. The molecule has 0 aliphatic heterocycles. The van der Waals surface area contributed by atoms with Gasteiger partial charge in [0.05, 0.1) is 11.6 Å². The molecule has 100 valence electrons. The molecule has 0 saturated carbocycles. The van der Waals surface area contributed by atoms with E-state index in [0.29, 0.717) is 5.78 Å². The Hall–Kier alpha value is -0.570. The zero-order valence-corrected chi connectivity index (χ0v) is 13.3. The number of hydrogen-bond donors (Lipinski definition) is 0. The molecule has 3 heteroatoms. The van der Waals surface area contributed by atoms with E-state index in [1.54, 1.807) is 7.11 Å². The smallest absolute Gasteiger partial charge is 0.162 e. The Labute approximate surface area is 118 Å². The van der Waals surface area contributed by atoms with Gasteiger partial charge in [-0.1, -0.05) is 27.7 Å². The Balaban J connectivity index is 2.48. The van der Waals surface area contributed by atoms with Gasteiger partial charge >= 0.3 is 0 Å². The van der Waals surface area contributed by atoms with Crippen LogP contribution in [0.2, 0.25) is 0 Å². The average molecular weight is 313 g/mol. The lowest BCUT2D eigenvalue weighted by atomic mass is 9.73. The van der Waals surface area contributed by atoms with Gasteiger partial charge in [0.2, 0.25) is 0 Å². The van der Waals surface area contributed by atoms with E-state index in [1.165, 1.54) is 5.57 Å². The minimum atomic E-state index is 0.0923. The molecule has 0 saturated heterocycles. The first-order valence-electron chi connectivity index (χ1n) is 6.47. The van der Waals surface area contributed by atoms with E-state index in [2.05, 4.69) is 36.7 Å². The molecule has 0 aromatic heterocycles. The molecule has 2 unspecified atom stereocenters. The Kier molecular flexibility index (Phi) is 3.48. The molecular weight excluding hydrogens is 292 g/mol. The van der Waals surface area contributed by atoms with Crippen molar-refractivity contribution in [3.05, 3.63) is 21.4 Å². The highest BCUT2D eigenvalue weighted by molar-refractivity contribution is 9.12. The van der Waals surface area contributed by atoms with E-state index in [1.807, 2.05) is 6.92 Å². The summed E-state index contributed by atoms with van der Waals surface area (Å²) in [6, 6.07) is 0. The van der Waals surface area contributed by atoms with Crippen molar-refractivity contribution in [3.8, 4) is 0 Å². The minimum Gasteiger partial charge on any atom is -0.500 e. The third kappa shape index (κ3) is 2.07. The fraction of sp³-hybridized carbons (Fsp3) is 0.667. The van der Waals surface area contributed by atoms with Gasteiger partial charge < -0.3 is 4.74 Å². The number of methoxy groups -OCH3 is 1. The molecular formula is C15H21BrO2. The van der Waals surface area contributed by atoms with E-state index in [4.69, 9.17) is 4.74 Å². The van der Waals surface area contributed by atoms with Crippen molar-refractivity contribution >= 4 is 21.7 Å². The SMILES string of the molecule is COC1=C(Br)C2=C(CC1C(C)(C)C)C(=O)C(C)C2. The van der Waals surface area contributed by atoms with Crippen LogP contribution in [0, 0.1) is 17.3 Å². The second kappa shape index (κ2) is 4.52. The summed E-state index contributed by atoms with van der Waals surface area (Å²) in [6.45, 7) is 8.61. The van der Waals surface area contributed by atoms with E-state index < -0.39 is 0 Å². The lowest BCUT2D eigenvalue weighted by Crippen LogP contribution is -2.28. The summed E-state index contributed by atoms with van der Waals surface area (Å²) in [7, 11) is 1.72. The maximum atomic E-state index is 12.2. The fourth-order valence-electron chi connectivity index (χ4n) is 2.94. The highest BCUT2D eigenvalue weighted by atomic mass is 79.9. The summed E-state index contributed by atoms with van der Waals surface area (Å²) in [5.41, 5.74) is 2.29. The molecule has 18 heavy (non-hydrogen) atoms. The predicted molar refractivity (Wildman–Crippen MR) is 76.3 cm³/mol. The van der Waals surface area contributed by atoms with Gasteiger partial charge in [-0.25, -0.2) is 0 Å². The third-order valence-corrected chi connectivity index (χ3v) is 4.96. The van der Waals surface area contributed by atoms with Gasteiger partial charge in [0.15, 0.2) is 5.78 Å². The maximum absolute atomic E-state index is 12.2. The highest BCUT2D eigenvalue weighted by Gasteiger charge is 2.42. The van der Waals surface area contributed by atoms with Crippen LogP contribution < -0.4 is 0 Å². The zero-order valence-electron chi connectivity index (χ0n) is 11.8. The van der Waals surface area contributed by atoms with Gasteiger partial charge in [0.1, 0.15) is 5.76 Å². The standard InChI is InChI=1S/C15H21BrO2/c1-8-6-9-10(13(8)17)7-11(15(2,3)4)14(18-5)12(9)16/h8,11H,6-7H2,1-5H3. The van der Waals surface area contributed by atoms with Crippen molar-refractivity contribution in [3.63, 3.8) is 0 Å². The molecule has 2 nitrogen and oxygen atoms in total. The summed E-state index contributed by atoms with van der Waals surface area (Å²) in [6.07, 6.45) is 1.67. The molecule has 0 radical (unpaired) electrons. The molecule has 0 aromatic carbocycles. The lowest BCUT2D eigenvalue weighted by molar-refractivity contribution is -0.118. The Bertz CT molecular complexity index is 452. The molecule has 0 heterocycles. The minimum absolute atomic E-state index is 0.0923. The van der Waals surface area contributed by atoms with E-state index in [0.717, 1.165) is 28.7 Å². The van der Waals surface area contributed by atoms with Crippen LogP contribution in [0.5, 0.6) is 0 Å². The van der Waals surface area contributed by atoms with Crippen LogP contribution in [0.15, 0.2) is 21.4 Å². The number of ketones is 1. The van der Waals surface area contributed by atoms with Crippen LogP contribution in [0.25, 0.3) is 0 Å². The Morgan fingerprint density at radius 1 is 1.22 bits per heavy atom. The van der Waals surface area contributed by atoms with Crippen molar-refractivity contribution < 1.29 is 9.53 Å².